The fourth-order valence-corrected chi connectivity index (χ4v) is 2.86. The molecule has 4 nitrogen and oxygen atoms in total. The number of halogens is 1. The maximum atomic E-state index is 11.6. The average molecular weight is 355 g/mol. The van der Waals surface area contributed by atoms with Crippen LogP contribution in [0.3, 0.4) is 0 Å². The van der Waals surface area contributed by atoms with Crippen molar-refractivity contribution in [2.75, 3.05) is 19.7 Å². The average Bonchev–Trinajstić information content (AvgIpc) is 2.89. The summed E-state index contributed by atoms with van der Waals surface area (Å²) in [5.41, 5.74) is 2.41. The zero-order valence-electron chi connectivity index (χ0n) is 12.7. The lowest BCUT2D eigenvalue weighted by Crippen LogP contribution is -2.30. The Kier molecular flexibility index (Phi) is 6.06. The fraction of sp³-hybridized carbons (Fsp3) is 0.562. The molecule has 0 saturated carbocycles. The van der Waals surface area contributed by atoms with E-state index in [-0.39, 0.29) is 5.91 Å². The maximum absolute atomic E-state index is 11.6. The van der Waals surface area contributed by atoms with Crippen LogP contribution >= 0.6 is 15.9 Å². The Labute approximate surface area is 134 Å². The van der Waals surface area contributed by atoms with Crippen LogP contribution in [0.5, 0.6) is 5.75 Å². The van der Waals surface area contributed by atoms with Crippen LogP contribution in [0.2, 0.25) is 0 Å². The number of hydrogen-bond acceptors (Lipinski definition) is 3. The van der Waals surface area contributed by atoms with Crippen LogP contribution in [0.15, 0.2) is 16.6 Å². The highest BCUT2D eigenvalue weighted by Gasteiger charge is 2.17. The van der Waals surface area contributed by atoms with Crippen molar-refractivity contribution in [2.45, 2.75) is 33.2 Å². The summed E-state index contributed by atoms with van der Waals surface area (Å²) in [5.74, 6) is 1.60. The molecule has 1 aromatic rings. The number of benzene rings is 1. The Morgan fingerprint density at radius 2 is 2.24 bits per heavy atom. The van der Waals surface area contributed by atoms with Crippen LogP contribution in [0.1, 0.15) is 31.4 Å². The molecule has 0 spiro atoms. The van der Waals surface area contributed by atoms with Crippen LogP contribution in [0, 0.1) is 5.92 Å². The summed E-state index contributed by atoms with van der Waals surface area (Å²) in [6.07, 6.45) is 1.48. The quantitative estimate of drug-likeness (QED) is 0.740. The molecule has 0 radical (unpaired) electrons. The van der Waals surface area contributed by atoms with Gasteiger partial charge in [0, 0.05) is 42.5 Å². The highest BCUT2D eigenvalue weighted by Crippen LogP contribution is 2.32. The number of ether oxygens (including phenoxy) is 1. The summed E-state index contributed by atoms with van der Waals surface area (Å²) in [4.78, 5) is 11.6. The Hall–Kier alpha value is -1.07. The van der Waals surface area contributed by atoms with Crippen molar-refractivity contribution in [1.29, 1.82) is 0 Å². The molecule has 0 aliphatic carbocycles. The van der Waals surface area contributed by atoms with Crippen molar-refractivity contribution in [2.24, 2.45) is 5.92 Å². The second kappa shape index (κ2) is 7.80. The number of carbonyl (C=O) groups excluding carboxylic acids is 1. The number of nitrogens with one attached hydrogen (secondary N) is 2. The minimum absolute atomic E-state index is 0.104. The monoisotopic (exact) mass is 354 g/mol. The van der Waals surface area contributed by atoms with Gasteiger partial charge in [-0.25, -0.2) is 0 Å². The Bertz CT molecular complexity index is 503. The molecular formula is C16H23BrN2O2. The van der Waals surface area contributed by atoms with E-state index in [9.17, 15) is 4.79 Å². The van der Waals surface area contributed by atoms with Crippen molar-refractivity contribution in [3.05, 3.63) is 27.7 Å². The van der Waals surface area contributed by atoms with E-state index in [0.717, 1.165) is 41.9 Å². The molecule has 1 heterocycles. The lowest BCUT2D eigenvalue weighted by Gasteiger charge is -2.11. The molecule has 21 heavy (non-hydrogen) atoms. The molecule has 0 fully saturated rings. The van der Waals surface area contributed by atoms with E-state index in [1.807, 2.05) is 0 Å². The van der Waals surface area contributed by atoms with E-state index in [1.165, 1.54) is 5.56 Å². The van der Waals surface area contributed by atoms with Crippen LogP contribution < -0.4 is 15.4 Å². The van der Waals surface area contributed by atoms with Gasteiger partial charge in [0.2, 0.25) is 5.91 Å². The van der Waals surface area contributed by atoms with Crippen LogP contribution in [0.4, 0.5) is 0 Å². The first-order valence-electron chi connectivity index (χ1n) is 7.47. The van der Waals surface area contributed by atoms with Gasteiger partial charge in [-0.15, -0.1) is 0 Å². The molecular weight excluding hydrogens is 332 g/mol. The molecule has 1 aliphatic rings. The Morgan fingerprint density at radius 3 is 3.00 bits per heavy atom. The summed E-state index contributed by atoms with van der Waals surface area (Å²) < 4.78 is 6.77. The van der Waals surface area contributed by atoms with Gasteiger partial charge in [-0.2, -0.15) is 0 Å². The van der Waals surface area contributed by atoms with Gasteiger partial charge < -0.3 is 15.4 Å². The zero-order valence-corrected chi connectivity index (χ0v) is 14.3. The largest absolute Gasteiger partial charge is 0.493 e. The smallest absolute Gasteiger partial charge is 0.221 e. The number of rotatable bonds is 7. The fourth-order valence-electron chi connectivity index (χ4n) is 2.31. The minimum atomic E-state index is 0.104. The summed E-state index contributed by atoms with van der Waals surface area (Å²) in [6, 6.07) is 4.20. The summed E-state index contributed by atoms with van der Waals surface area (Å²) in [5, 5.41) is 6.24. The topological polar surface area (TPSA) is 50.4 Å². The van der Waals surface area contributed by atoms with Crippen LogP contribution in [-0.4, -0.2) is 25.6 Å². The normalized spacial score (nSPS) is 13.1. The van der Waals surface area contributed by atoms with Crippen LogP contribution in [0.25, 0.3) is 0 Å². The molecule has 1 aromatic carbocycles. The lowest BCUT2D eigenvalue weighted by molar-refractivity contribution is -0.121. The minimum Gasteiger partial charge on any atom is -0.493 e. The second-order valence-electron chi connectivity index (χ2n) is 5.78. The van der Waals surface area contributed by atoms with Gasteiger partial charge in [-0.1, -0.05) is 29.8 Å². The van der Waals surface area contributed by atoms with Gasteiger partial charge in [0.25, 0.3) is 0 Å². The van der Waals surface area contributed by atoms with Gasteiger partial charge >= 0.3 is 0 Å². The third-order valence-electron chi connectivity index (χ3n) is 3.38. The highest BCUT2D eigenvalue weighted by molar-refractivity contribution is 9.10. The van der Waals surface area contributed by atoms with Crippen molar-refractivity contribution in [1.82, 2.24) is 10.6 Å². The molecule has 2 N–H and O–H groups in total. The summed E-state index contributed by atoms with van der Waals surface area (Å²) in [6.45, 7) is 7.07. The van der Waals surface area contributed by atoms with E-state index >= 15 is 0 Å². The standard InChI is InChI=1S/C16H23BrN2O2/c1-11(2)9-19-15(20)3-5-18-10-13-8-14(17)7-12-4-6-21-16(12)13/h7-8,11,18H,3-6,9-10H2,1-2H3,(H,19,20). The molecule has 116 valence electrons. The van der Waals surface area contributed by atoms with Gasteiger partial charge in [0.05, 0.1) is 6.61 Å². The van der Waals surface area contributed by atoms with Crippen molar-refractivity contribution < 1.29 is 9.53 Å². The number of carbonyl (C=O) groups is 1. The first kappa shape index (κ1) is 16.3. The van der Waals surface area contributed by atoms with Gasteiger partial charge in [-0.3, -0.25) is 4.79 Å². The van der Waals surface area contributed by atoms with E-state index in [4.69, 9.17) is 4.74 Å². The van der Waals surface area contributed by atoms with Gasteiger partial charge in [-0.05, 0) is 23.6 Å². The van der Waals surface area contributed by atoms with Crippen molar-refractivity contribution in [3.8, 4) is 5.75 Å². The van der Waals surface area contributed by atoms with Crippen molar-refractivity contribution >= 4 is 21.8 Å². The molecule has 0 saturated heterocycles. The van der Waals surface area contributed by atoms with E-state index in [0.29, 0.717) is 18.9 Å². The predicted molar refractivity (Wildman–Crippen MR) is 87.5 cm³/mol. The SMILES string of the molecule is CC(C)CNC(=O)CCNCc1cc(Br)cc2c1OCC2. The third-order valence-corrected chi connectivity index (χ3v) is 3.83. The third kappa shape index (κ3) is 5.00. The highest BCUT2D eigenvalue weighted by atomic mass is 79.9. The first-order valence-corrected chi connectivity index (χ1v) is 8.27. The number of fused-ring (bicyclic) bond motifs is 1. The van der Waals surface area contributed by atoms with Crippen LogP contribution in [-0.2, 0) is 17.8 Å². The summed E-state index contributed by atoms with van der Waals surface area (Å²) >= 11 is 3.53. The molecule has 0 aromatic heterocycles. The van der Waals surface area contributed by atoms with Gasteiger partial charge in [0.1, 0.15) is 5.75 Å². The summed E-state index contributed by atoms with van der Waals surface area (Å²) in [7, 11) is 0. The van der Waals surface area contributed by atoms with Gasteiger partial charge in [0.15, 0.2) is 0 Å². The molecule has 1 aliphatic heterocycles. The van der Waals surface area contributed by atoms with Crippen molar-refractivity contribution in [3.63, 3.8) is 0 Å². The molecule has 0 bridgehead atoms. The zero-order chi connectivity index (χ0) is 15.2. The molecule has 2 rings (SSSR count). The molecule has 0 atom stereocenters. The first-order chi connectivity index (χ1) is 10.1. The predicted octanol–water partition coefficient (Wildman–Crippen LogP) is 2.64. The Balaban J connectivity index is 1.76. The maximum Gasteiger partial charge on any atom is 0.221 e. The van der Waals surface area contributed by atoms with E-state index in [2.05, 4.69) is 52.5 Å². The molecule has 1 amide bonds. The Morgan fingerprint density at radius 1 is 1.43 bits per heavy atom. The second-order valence-corrected chi connectivity index (χ2v) is 6.69. The lowest BCUT2D eigenvalue weighted by atomic mass is 10.1. The number of hydrogen-bond donors (Lipinski definition) is 2. The molecule has 0 unspecified atom stereocenters. The number of amides is 1. The molecule has 5 heteroatoms. The van der Waals surface area contributed by atoms with E-state index < -0.39 is 0 Å². The van der Waals surface area contributed by atoms with E-state index in [1.54, 1.807) is 0 Å².